The molecule has 3 heterocycles. The number of carbonyl (C=O) groups excluding carboxylic acids is 2. The fourth-order valence-electron chi connectivity index (χ4n) is 3.66. The number of benzene rings is 1. The van der Waals surface area contributed by atoms with Crippen LogP contribution < -0.4 is 4.90 Å². The molecule has 1 N–H and O–H groups in total. The SMILES string of the molecule is C[C@@]12C=C[C@@H](O1)[C@@H]1C(=O)N(c3ccc(C(=O)O)cc3)C(=O)[C@H]12. The predicted octanol–water partition coefficient (Wildman–Crippen LogP) is 1.22. The summed E-state index contributed by atoms with van der Waals surface area (Å²) >= 11 is 0. The van der Waals surface area contributed by atoms with Gasteiger partial charge in [0.25, 0.3) is 0 Å². The number of carboxylic acid groups (broad SMARTS) is 1. The van der Waals surface area contributed by atoms with Crippen molar-refractivity contribution in [3.05, 3.63) is 42.0 Å². The van der Waals surface area contributed by atoms with Crippen molar-refractivity contribution in [2.24, 2.45) is 11.8 Å². The molecule has 3 aliphatic rings. The predicted molar refractivity (Wildman–Crippen MR) is 75.3 cm³/mol. The van der Waals surface area contributed by atoms with Crippen LogP contribution in [0.15, 0.2) is 36.4 Å². The number of aromatic carboxylic acids is 1. The topological polar surface area (TPSA) is 83.9 Å². The summed E-state index contributed by atoms with van der Waals surface area (Å²) in [4.78, 5) is 37.4. The van der Waals surface area contributed by atoms with Crippen molar-refractivity contribution in [3.63, 3.8) is 0 Å². The molecule has 0 aliphatic carbocycles. The zero-order valence-electron chi connectivity index (χ0n) is 11.7. The second-order valence-corrected chi connectivity index (χ2v) is 5.99. The lowest BCUT2D eigenvalue weighted by atomic mass is 9.78. The minimum absolute atomic E-state index is 0.111. The van der Waals surface area contributed by atoms with Crippen molar-refractivity contribution in [1.29, 1.82) is 0 Å². The minimum Gasteiger partial charge on any atom is -0.478 e. The van der Waals surface area contributed by atoms with Gasteiger partial charge in [-0.1, -0.05) is 12.2 Å². The van der Waals surface area contributed by atoms with Crippen LogP contribution in [-0.4, -0.2) is 34.6 Å². The Morgan fingerprint density at radius 1 is 1.23 bits per heavy atom. The summed E-state index contributed by atoms with van der Waals surface area (Å²) in [5.74, 6) is -2.61. The van der Waals surface area contributed by atoms with Crippen LogP contribution in [0, 0.1) is 11.8 Å². The lowest BCUT2D eigenvalue weighted by Crippen LogP contribution is -2.38. The molecule has 4 atom stereocenters. The van der Waals surface area contributed by atoms with Gasteiger partial charge in [0.15, 0.2) is 0 Å². The van der Waals surface area contributed by atoms with Crippen LogP contribution in [-0.2, 0) is 14.3 Å². The third-order valence-electron chi connectivity index (χ3n) is 4.70. The average Bonchev–Trinajstić information content (AvgIpc) is 3.08. The molecule has 3 aliphatic heterocycles. The number of hydrogen-bond donors (Lipinski definition) is 1. The van der Waals surface area contributed by atoms with Crippen LogP contribution in [0.25, 0.3) is 0 Å². The van der Waals surface area contributed by atoms with Gasteiger partial charge < -0.3 is 9.84 Å². The monoisotopic (exact) mass is 299 g/mol. The summed E-state index contributed by atoms with van der Waals surface area (Å²) in [7, 11) is 0. The maximum Gasteiger partial charge on any atom is 0.335 e. The lowest BCUT2D eigenvalue weighted by Gasteiger charge is -2.24. The van der Waals surface area contributed by atoms with Crippen LogP contribution in [0.3, 0.4) is 0 Å². The Bertz CT molecular complexity index is 737. The smallest absolute Gasteiger partial charge is 0.335 e. The molecule has 6 nitrogen and oxygen atoms in total. The second kappa shape index (κ2) is 4.04. The normalized spacial score (nSPS) is 35.3. The van der Waals surface area contributed by atoms with Gasteiger partial charge in [0.05, 0.1) is 34.8 Å². The molecular formula is C16H13NO5. The minimum atomic E-state index is -1.05. The Labute approximate surface area is 126 Å². The Balaban J connectivity index is 1.71. The molecule has 0 radical (unpaired) electrons. The van der Waals surface area contributed by atoms with Gasteiger partial charge in [0.1, 0.15) is 0 Å². The van der Waals surface area contributed by atoms with Crippen molar-refractivity contribution in [3.8, 4) is 0 Å². The van der Waals surface area contributed by atoms with E-state index in [1.165, 1.54) is 24.3 Å². The van der Waals surface area contributed by atoms with Crippen molar-refractivity contribution < 1.29 is 24.2 Å². The fourth-order valence-corrected chi connectivity index (χ4v) is 3.66. The van der Waals surface area contributed by atoms with E-state index >= 15 is 0 Å². The van der Waals surface area contributed by atoms with E-state index in [4.69, 9.17) is 9.84 Å². The molecule has 22 heavy (non-hydrogen) atoms. The summed E-state index contributed by atoms with van der Waals surface area (Å²) in [5.41, 5.74) is -0.213. The molecule has 0 spiro atoms. The van der Waals surface area contributed by atoms with E-state index in [0.29, 0.717) is 5.69 Å². The number of ether oxygens (including phenoxy) is 1. The van der Waals surface area contributed by atoms with Crippen molar-refractivity contribution in [2.45, 2.75) is 18.6 Å². The first-order valence-corrected chi connectivity index (χ1v) is 7.01. The van der Waals surface area contributed by atoms with E-state index in [0.717, 1.165) is 4.90 Å². The lowest BCUT2D eigenvalue weighted by molar-refractivity contribution is -0.126. The van der Waals surface area contributed by atoms with Gasteiger partial charge in [0, 0.05) is 0 Å². The highest BCUT2D eigenvalue weighted by Crippen LogP contribution is 2.52. The summed E-state index contributed by atoms with van der Waals surface area (Å²) in [6, 6.07) is 5.74. The van der Waals surface area contributed by atoms with Gasteiger partial charge in [-0.25, -0.2) is 9.69 Å². The van der Waals surface area contributed by atoms with E-state index in [2.05, 4.69) is 0 Å². The molecule has 0 saturated carbocycles. The molecular weight excluding hydrogens is 286 g/mol. The quantitative estimate of drug-likeness (QED) is 0.655. The zero-order chi connectivity index (χ0) is 15.6. The molecule has 2 saturated heterocycles. The Kier molecular flexibility index (Phi) is 2.43. The molecule has 0 aromatic heterocycles. The first-order valence-electron chi connectivity index (χ1n) is 7.01. The highest BCUT2D eigenvalue weighted by atomic mass is 16.5. The Morgan fingerprint density at radius 2 is 1.91 bits per heavy atom. The van der Waals surface area contributed by atoms with Gasteiger partial charge in [-0.3, -0.25) is 9.59 Å². The summed E-state index contributed by atoms with van der Waals surface area (Å²) in [6.45, 7) is 1.82. The van der Waals surface area contributed by atoms with Crippen LogP contribution >= 0.6 is 0 Å². The Morgan fingerprint density at radius 3 is 2.50 bits per heavy atom. The summed E-state index contributed by atoms with van der Waals surface area (Å²) in [6.07, 6.45) is 3.33. The van der Waals surface area contributed by atoms with E-state index in [1.54, 1.807) is 0 Å². The number of imide groups is 1. The van der Waals surface area contributed by atoms with E-state index in [1.807, 2.05) is 19.1 Å². The van der Waals surface area contributed by atoms with Crippen LogP contribution in [0.2, 0.25) is 0 Å². The van der Waals surface area contributed by atoms with Gasteiger partial charge in [-0.15, -0.1) is 0 Å². The van der Waals surface area contributed by atoms with Gasteiger partial charge in [0.2, 0.25) is 11.8 Å². The maximum absolute atomic E-state index is 12.7. The summed E-state index contributed by atoms with van der Waals surface area (Å²) < 4.78 is 5.75. The number of fused-ring (bicyclic) bond motifs is 5. The van der Waals surface area contributed by atoms with Crippen molar-refractivity contribution >= 4 is 23.5 Å². The molecule has 2 amide bonds. The van der Waals surface area contributed by atoms with E-state index in [-0.39, 0.29) is 23.5 Å². The third-order valence-corrected chi connectivity index (χ3v) is 4.70. The maximum atomic E-state index is 12.7. The van der Waals surface area contributed by atoms with Gasteiger partial charge in [-0.2, -0.15) is 0 Å². The van der Waals surface area contributed by atoms with Crippen LogP contribution in [0.5, 0.6) is 0 Å². The number of carboxylic acids is 1. The second-order valence-electron chi connectivity index (χ2n) is 5.99. The fraction of sp³-hybridized carbons (Fsp3) is 0.312. The molecule has 1 aromatic rings. The molecule has 2 bridgehead atoms. The number of anilines is 1. The highest BCUT2D eigenvalue weighted by Gasteiger charge is 2.65. The van der Waals surface area contributed by atoms with Gasteiger partial charge in [-0.05, 0) is 31.2 Å². The van der Waals surface area contributed by atoms with Crippen LogP contribution in [0.1, 0.15) is 17.3 Å². The van der Waals surface area contributed by atoms with Crippen molar-refractivity contribution in [2.75, 3.05) is 4.90 Å². The zero-order valence-corrected chi connectivity index (χ0v) is 11.7. The molecule has 1 aromatic carbocycles. The molecule has 2 fully saturated rings. The largest absolute Gasteiger partial charge is 0.478 e. The van der Waals surface area contributed by atoms with Crippen molar-refractivity contribution in [1.82, 2.24) is 0 Å². The average molecular weight is 299 g/mol. The number of carbonyl (C=O) groups is 3. The summed E-state index contributed by atoms with van der Waals surface area (Å²) in [5, 5.41) is 8.92. The number of amides is 2. The van der Waals surface area contributed by atoms with Gasteiger partial charge >= 0.3 is 5.97 Å². The molecule has 0 unspecified atom stereocenters. The highest BCUT2D eigenvalue weighted by molar-refractivity contribution is 6.23. The van der Waals surface area contributed by atoms with E-state index in [9.17, 15) is 14.4 Å². The number of rotatable bonds is 2. The third kappa shape index (κ3) is 1.50. The molecule has 112 valence electrons. The molecule has 6 heteroatoms. The van der Waals surface area contributed by atoms with E-state index < -0.39 is 23.4 Å². The van der Waals surface area contributed by atoms with Crippen LogP contribution in [0.4, 0.5) is 5.69 Å². The molecule has 4 rings (SSSR count). The first kappa shape index (κ1) is 13.2. The standard InChI is InChI=1S/C16H13NO5/c1-16-7-6-10(22-16)11-12(16)14(19)17(13(11)18)9-4-2-8(3-5-9)15(20)21/h2-7,10-12H,1H3,(H,20,21)/t10-,11+,12+,16+/m1/s1. The Hall–Kier alpha value is -2.47. The number of nitrogens with zero attached hydrogens (tertiary/aromatic N) is 1. The first-order chi connectivity index (χ1) is 10.4. The number of hydrogen-bond acceptors (Lipinski definition) is 4.